The summed E-state index contributed by atoms with van der Waals surface area (Å²) in [5.74, 6) is 0.712. The summed E-state index contributed by atoms with van der Waals surface area (Å²) in [5.41, 5.74) is 0.619. The first-order chi connectivity index (χ1) is 15.2. The minimum atomic E-state index is -4.46. The van der Waals surface area contributed by atoms with Gasteiger partial charge in [-0.15, -0.1) is 0 Å². The number of aromatic nitrogens is 3. The van der Waals surface area contributed by atoms with E-state index in [1.165, 1.54) is 23.5 Å². The van der Waals surface area contributed by atoms with Gasteiger partial charge in [0.05, 0.1) is 16.9 Å². The maximum Gasteiger partial charge on any atom is 0.416 e. The van der Waals surface area contributed by atoms with Gasteiger partial charge in [-0.1, -0.05) is 12.1 Å². The van der Waals surface area contributed by atoms with Gasteiger partial charge < -0.3 is 4.90 Å². The van der Waals surface area contributed by atoms with E-state index >= 15 is 0 Å². The minimum absolute atomic E-state index is 0.204. The van der Waals surface area contributed by atoms with Crippen LogP contribution in [0, 0.1) is 0 Å². The Kier molecular flexibility index (Phi) is 5.68. The molecule has 1 N–H and O–H groups in total. The fourth-order valence-electron chi connectivity index (χ4n) is 3.60. The van der Waals surface area contributed by atoms with Crippen molar-refractivity contribution in [3.8, 4) is 11.3 Å². The summed E-state index contributed by atoms with van der Waals surface area (Å²) in [4.78, 5) is 29.2. The van der Waals surface area contributed by atoms with Crippen LogP contribution in [0.5, 0.6) is 0 Å². The highest BCUT2D eigenvalue weighted by Gasteiger charge is 2.32. The lowest BCUT2D eigenvalue weighted by atomic mass is 10.1. The van der Waals surface area contributed by atoms with Crippen molar-refractivity contribution >= 4 is 23.4 Å². The third-order valence-corrected chi connectivity index (χ3v) is 5.34. The molecule has 32 heavy (non-hydrogen) atoms. The second kappa shape index (κ2) is 8.45. The summed E-state index contributed by atoms with van der Waals surface area (Å²) in [6, 6.07) is 9.38. The molecular formula is C22H21F3N6O. The monoisotopic (exact) mass is 442 g/mol. The third-order valence-electron chi connectivity index (χ3n) is 5.34. The molecule has 0 spiro atoms. The predicted octanol–water partition coefficient (Wildman–Crippen LogP) is 4.82. The van der Waals surface area contributed by atoms with Crippen molar-refractivity contribution in [2.24, 2.45) is 0 Å². The Labute approximate surface area is 182 Å². The topological polar surface area (TPSA) is 74.2 Å². The summed E-state index contributed by atoms with van der Waals surface area (Å²) in [6.45, 7) is 2.59. The zero-order valence-corrected chi connectivity index (χ0v) is 17.5. The van der Waals surface area contributed by atoms with Crippen molar-refractivity contribution in [3.63, 3.8) is 0 Å². The van der Waals surface area contributed by atoms with E-state index in [9.17, 15) is 18.0 Å². The lowest BCUT2D eigenvalue weighted by Gasteiger charge is -2.28. The molecule has 0 unspecified atom stereocenters. The SMILES string of the molecule is C[C@H]1CCN(C)c2ccc(-c3cccc(C(F)(F)F)c3)nc2N1C(=O)Nc1ccncn1. The Bertz CT molecular complexity index is 1120. The summed E-state index contributed by atoms with van der Waals surface area (Å²) in [7, 11) is 1.89. The van der Waals surface area contributed by atoms with Gasteiger partial charge in [0.2, 0.25) is 0 Å². The predicted molar refractivity (Wildman–Crippen MR) is 116 cm³/mol. The first-order valence-corrected chi connectivity index (χ1v) is 10.00. The molecule has 166 valence electrons. The highest BCUT2D eigenvalue weighted by molar-refractivity contribution is 6.03. The van der Waals surface area contributed by atoms with Crippen LogP contribution in [0.2, 0.25) is 0 Å². The third kappa shape index (κ3) is 4.34. The van der Waals surface area contributed by atoms with Crippen LogP contribution in [0.15, 0.2) is 55.0 Å². The van der Waals surface area contributed by atoms with E-state index in [0.717, 1.165) is 12.1 Å². The molecule has 0 bridgehead atoms. The number of benzene rings is 1. The molecule has 2 amide bonds. The highest BCUT2D eigenvalue weighted by atomic mass is 19.4. The molecule has 0 fully saturated rings. The average Bonchev–Trinajstić information content (AvgIpc) is 2.89. The fraction of sp³-hybridized carbons (Fsp3) is 0.273. The van der Waals surface area contributed by atoms with Crippen molar-refractivity contribution in [2.45, 2.75) is 25.6 Å². The maximum atomic E-state index is 13.2. The molecule has 1 atom stereocenters. The summed E-state index contributed by atoms with van der Waals surface area (Å²) in [5, 5.41) is 2.74. The van der Waals surface area contributed by atoms with Gasteiger partial charge in [0.15, 0.2) is 5.82 Å². The molecule has 4 rings (SSSR count). The number of nitrogens with one attached hydrogen (secondary N) is 1. The number of rotatable bonds is 2. The second-order valence-corrected chi connectivity index (χ2v) is 7.57. The molecule has 0 saturated heterocycles. The van der Waals surface area contributed by atoms with Crippen LogP contribution in [0.1, 0.15) is 18.9 Å². The molecule has 7 nitrogen and oxygen atoms in total. The normalized spacial score (nSPS) is 16.3. The largest absolute Gasteiger partial charge is 0.416 e. The molecule has 3 aromatic rings. The molecular weight excluding hydrogens is 421 g/mol. The molecule has 1 aliphatic heterocycles. The van der Waals surface area contributed by atoms with Gasteiger partial charge in [-0.3, -0.25) is 10.2 Å². The summed E-state index contributed by atoms with van der Waals surface area (Å²) >= 11 is 0. The number of anilines is 3. The number of amides is 2. The molecule has 0 saturated carbocycles. The van der Waals surface area contributed by atoms with Crippen LogP contribution in [-0.2, 0) is 6.18 Å². The number of pyridine rings is 1. The standard InChI is InChI=1S/C22H21F3N6O/c1-14-9-11-30(2)18-7-6-17(15-4-3-5-16(12-15)22(23,24)25)28-20(18)31(14)21(32)29-19-8-10-26-13-27-19/h3-8,10,12-14H,9,11H2,1-2H3,(H,26,27,29,32)/t14-/m0/s1. The first kappa shape index (κ1) is 21.5. The molecule has 1 aromatic carbocycles. The van der Waals surface area contributed by atoms with Crippen molar-refractivity contribution in [3.05, 3.63) is 60.6 Å². The van der Waals surface area contributed by atoms with E-state index in [-0.39, 0.29) is 6.04 Å². The maximum absolute atomic E-state index is 13.2. The quantitative estimate of drug-likeness (QED) is 0.616. The van der Waals surface area contributed by atoms with Crippen LogP contribution < -0.4 is 15.1 Å². The van der Waals surface area contributed by atoms with Gasteiger partial charge in [0.1, 0.15) is 12.1 Å². The molecule has 3 heterocycles. The smallest absolute Gasteiger partial charge is 0.372 e. The number of hydrogen-bond donors (Lipinski definition) is 1. The number of fused-ring (bicyclic) bond motifs is 1. The number of nitrogens with zero attached hydrogens (tertiary/aromatic N) is 5. The Morgan fingerprint density at radius 3 is 2.72 bits per heavy atom. The van der Waals surface area contributed by atoms with Crippen LogP contribution in [-0.4, -0.2) is 40.6 Å². The molecule has 0 radical (unpaired) electrons. The molecule has 2 aromatic heterocycles. The fourth-order valence-corrected chi connectivity index (χ4v) is 3.60. The van der Waals surface area contributed by atoms with E-state index < -0.39 is 17.8 Å². The van der Waals surface area contributed by atoms with E-state index in [1.54, 1.807) is 24.3 Å². The van der Waals surface area contributed by atoms with Gasteiger partial charge in [0.25, 0.3) is 0 Å². The number of halogens is 3. The van der Waals surface area contributed by atoms with Crippen LogP contribution in [0.25, 0.3) is 11.3 Å². The minimum Gasteiger partial charge on any atom is -0.372 e. The highest BCUT2D eigenvalue weighted by Crippen LogP contribution is 2.36. The summed E-state index contributed by atoms with van der Waals surface area (Å²) < 4.78 is 39.6. The Hall–Kier alpha value is -3.69. The van der Waals surface area contributed by atoms with Gasteiger partial charge in [-0.05, 0) is 43.7 Å². The van der Waals surface area contributed by atoms with Crippen molar-refractivity contribution in [1.82, 2.24) is 15.0 Å². The van der Waals surface area contributed by atoms with Gasteiger partial charge in [-0.25, -0.2) is 19.7 Å². The van der Waals surface area contributed by atoms with E-state index in [4.69, 9.17) is 0 Å². The van der Waals surface area contributed by atoms with Crippen molar-refractivity contribution < 1.29 is 18.0 Å². The zero-order chi connectivity index (χ0) is 22.9. The molecule has 0 aliphatic carbocycles. The van der Waals surface area contributed by atoms with Crippen molar-refractivity contribution in [2.75, 3.05) is 28.7 Å². The Morgan fingerprint density at radius 1 is 1.19 bits per heavy atom. The van der Waals surface area contributed by atoms with Crippen molar-refractivity contribution in [1.29, 1.82) is 0 Å². The summed E-state index contributed by atoms with van der Waals surface area (Å²) in [6.07, 6.45) is -0.934. The lowest BCUT2D eigenvalue weighted by Crippen LogP contribution is -2.42. The van der Waals surface area contributed by atoms with Gasteiger partial charge >= 0.3 is 12.2 Å². The van der Waals surface area contributed by atoms with Crippen LogP contribution in [0.3, 0.4) is 0 Å². The van der Waals surface area contributed by atoms with E-state index in [1.807, 2.05) is 18.9 Å². The number of alkyl halides is 3. The van der Waals surface area contributed by atoms with Gasteiger partial charge in [-0.2, -0.15) is 13.2 Å². The molecule has 1 aliphatic rings. The zero-order valence-electron chi connectivity index (χ0n) is 17.5. The Balaban J connectivity index is 1.77. The lowest BCUT2D eigenvalue weighted by molar-refractivity contribution is -0.137. The van der Waals surface area contributed by atoms with Crippen LogP contribution >= 0.6 is 0 Å². The van der Waals surface area contributed by atoms with Gasteiger partial charge in [0, 0.05) is 31.4 Å². The van der Waals surface area contributed by atoms with Crippen LogP contribution in [0.4, 0.5) is 35.3 Å². The number of urea groups is 1. The van der Waals surface area contributed by atoms with E-state index in [2.05, 4.69) is 20.3 Å². The first-order valence-electron chi connectivity index (χ1n) is 10.00. The number of hydrogen-bond acceptors (Lipinski definition) is 5. The Morgan fingerprint density at radius 2 is 2.00 bits per heavy atom. The second-order valence-electron chi connectivity index (χ2n) is 7.57. The number of carbonyl (C=O) groups is 1. The molecule has 10 heteroatoms. The van der Waals surface area contributed by atoms with E-state index in [0.29, 0.717) is 41.5 Å². The average molecular weight is 442 g/mol. The number of carbonyl (C=O) groups excluding carboxylic acids is 1.